The quantitative estimate of drug-likeness (QED) is 0.270. The highest BCUT2D eigenvalue weighted by molar-refractivity contribution is 7.89. The Kier molecular flexibility index (Phi) is 6.98. The number of sulfonamides is 1. The fourth-order valence-corrected chi connectivity index (χ4v) is 2.55. The van der Waals surface area contributed by atoms with Gasteiger partial charge in [-0.15, -0.1) is 0 Å². The minimum absolute atomic E-state index is 0.0426. The summed E-state index contributed by atoms with van der Waals surface area (Å²) in [6.45, 7) is -0.855. The van der Waals surface area contributed by atoms with Gasteiger partial charge in [0.25, 0.3) is 15.9 Å². The molecule has 2 aromatic rings. The van der Waals surface area contributed by atoms with Gasteiger partial charge in [0.1, 0.15) is 18.1 Å². The van der Waals surface area contributed by atoms with Crippen molar-refractivity contribution >= 4 is 27.3 Å². The minimum Gasteiger partial charge on any atom is -0.472 e. The molecule has 0 saturated carbocycles. The highest BCUT2D eigenvalue weighted by Gasteiger charge is 2.23. The maximum absolute atomic E-state index is 13.2. The van der Waals surface area contributed by atoms with Gasteiger partial charge in [-0.2, -0.15) is 8.78 Å². The van der Waals surface area contributed by atoms with E-state index in [4.69, 9.17) is 16.3 Å². The molecule has 2 N–H and O–H groups in total. The Hall–Kier alpha value is -2.38. The van der Waals surface area contributed by atoms with Crippen molar-refractivity contribution in [1.82, 2.24) is 15.0 Å². The second-order valence-electron chi connectivity index (χ2n) is 4.94. The molecule has 1 aromatic carbocycles. The summed E-state index contributed by atoms with van der Waals surface area (Å²) in [6.07, 6.45) is -0.0426. The summed E-state index contributed by atoms with van der Waals surface area (Å²) in [5.74, 6) is -4.45. The third-order valence-electron chi connectivity index (χ3n) is 3.09. The summed E-state index contributed by atoms with van der Waals surface area (Å²) in [4.78, 5) is 0. The number of ether oxygens (including phenoxy) is 1. The number of halogens is 4. The molecular formula is C13H12ClF3N4O5S. The lowest BCUT2D eigenvalue weighted by Crippen LogP contribution is -2.32. The Balaban J connectivity index is 2.02. The number of alkyl halides is 2. The van der Waals surface area contributed by atoms with Gasteiger partial charge in [-0.05, 0) is 28.0 Å². The third kappa shape index (κ3) is 5.55. The zero-order valence-electron chi connectivity index (χ0n) is 13.3. The number of aromatic nitrogens is 2. The number of hydrogen-bond acceptors (Lipinski definition) is 8. The molecule has 27 heavy (non-hydrogen) atoms. The van der Waals surface area contributed by atoms with Gasteiger partial charge in [-0.3, -0.25) is 0 Å². The topological polar surface area (TPSA) is 127 Å². The van der Waals surface area contributed by atoms with E-state index in [1.165, 1.54) is 12.1 Å². The van der Waals surface area contributed by atoms with E-state index in [2.05, 4.69) is 20.1 Å². The molecule has 0 radical (unpaired) electrons. The molecule has 0 fully saturated rings. The van der Waals surface area contributed by atoms with E-state index in [-0.39, 0.29) is 35.3 Å². The van der Waals surface area contributed by atoms with Crippen LogP contribution >= 0.6 is 11.6 Å². The molecule has 0 spiro atoms. The predicted molar refractivity (Wildman–Crippen MR) is 86.2 cm³/mol. The summed E-state index contributed by atoms with van der Waals surface area (Å²) in [5, 5.41) is 19.0. The third-order valence-corrected chi connectivity index (χ3v) is 4.45. The molecule has 148 valence electrons. The molecule has 1 heterocycles. The van der Waals surface area contributed by atoms with Gasteiger partial charge >= 0.3 is 5.76 Å². The van der Waals surface area contributed by atoms with E-state index < -0.39 is 28.1 Å². The average Bonchev–Trinajstić information content (AvgIpc) is 3.08. The normalized spacial score (nSPS) is 12.6. The number of hydrogen-bond donors (Lipinski definition) is 2. The number of benzene rings is 1. The average molecular weight is 429 g/mol. The zero-order valence-corrected chi connectivity index (χ0v) is 14.8. The smallest absolute Gasteiger partial charge is 0.350 e. The molecule has 1 aromatic heterocycles. The summed E-state index contributed by atoms with van der Waals surface area (Å²) >= 11 is 5.68. The molecule has 0 unspecified atom stereocenters. The highest BCUT2D eigenvalue weighted by atomic mass is 35.5. The SMILES string of the molecule is O=S(=O)(NCCOc1nonc1C(Cc1ccc(F)c(Cl)c1)=NO)C(F)F. The number of nitrogens with zero attached hydrogens (tertiary/aromatic N) is 3. The zero-order chi connectivity index (χ0) is 20.0. The Morgan fingerprint density at radius 2 is 2.15 bits per heavy atom. The maximum atomic E-state index is 13.2. The van der Waals surface area contributed by atoms with Gasteiger partial charge in [0.15, 0.2) is 5.69 Å². The van der Waals surface area contributed by atoms with Crippen LogP contribution in [0.2, 0.25) is 5.02 Å². The first-order valence-corrected chi connectivity index (χ1v) is 9.04. The summed E-state index contributed by atoms with van der Waals surface area (Å²) < 4.78 is 70.6. The van der Waals surface area contributed by atoms with Gasteiger partial charge < -0.3 is 9.94 Å². The van der Waals surface area contributed by atoms with Crippen LogP contribution in [0.4, 0.5) is 13.2 Å². The van der Waals surface area contributed by atoms with E-state index in [1.54, 1.807) is 4.72 Å². The van der Waals surface area contributed by atoms with Gasteiger partial charge in [0.2, 0.25) is 0 Å². The van der Waals surface area contributed by atoms with Crippen LogP contribution < -0.4 is 9.46 Å². The molecule has 0 aliphatic carbocycles. The van der Waals surface area contributed by atoms with E-state index in [0.29, 0.717) is 5.56 Å². The van der Waals surface area contributed by atoms with Crippen molar-refractivity contribution in [3.63, 3.8) is 0 Å². The fourth-order valence-electron chi connectivity index (χ4n) is 1.86. The summed E-state index contributed by atoms with van der Waals surface area (Å²) in [6, 6.07) is 3.84. The Bertz CT molecular complexity index is 922. The Labute approximate surface area is 155 Å². The van der Waals surface area contributed by atoms with Crippen LogP contribution in [0.15, 0.2) is 28.0 Å². The maximum Gasteiger partial charge on any atom is 0.350 e. The molecule has 14 heteroatoms. The van der Waals surface area contributed by atoms with Crippen LogP contribution in [-0.4, -0.2) is 48.6 Å². The lowest BCUT2D eigenvalue weighted by molar-refractivity contribution is 0.230. The fraction of sp³-hybridized carbons (Fsp3) is 0.308. The molecule has 0 aliphatic heterocycles. The van der Waals surface area contributed by atoms with Crippen LogP contribution in [0.25, 0.3) is 0 Å². The first-order valence-electron chi connectivity index (χ1n) is 7.12. The van der Waals surface area contributed by atoms with E-state index in [9.17, 15) is 26.8 Å². The largest absolute Gasteiger partial charge is 0.472 e. The molecule has 0 amide bonds. The van der Waals surface area contributed by atoms with Gasteiger partial charge in [-0.1, -0.05) is 22.8 Å². The monoisotopic (exact) mass is 428 g/mol. The predicted octanol–water partition coefficient (Wildman–Crippen LogP) is 1.80. The first-order chi connectivity index (χ1) is 12.7. The van der Waals surface area contributed by atoms with Crippen molar-refractivity contribution < 1.29 is 36.2 Å². The van der Waals surface area contributed by atoms with Gasteiger partial charge in [0, 0.05) is 13.0 Å². The van der Waals surface area contributed by atoms with Crippen LogP contribution in [0.3, 0.4) is 0 Å². The number of nitrogens with one attached hydrogen (secondary N) is 1. The minimum atomic E-state index is -4.75. The van der Waals surface area contributed by atoms with Crippen molar-refractivity contribution in [3.8, 4) is 5.88 Å². The summed E-state index contributed by atoms with van der Waals surface area (Å²) in [7, 11) is -4.75. The lowest BCUT2D eigenvalue weighted by atomic mass is 10.1. The first kappa shape index (κ1) is 20.9. The van der Waals surface area contributed by atoms with Crippen molar-refractivity contribution in [1.29, 1.82) is 0 Å². The number of rotatable bonds is 9. The van der Waals surface area contributed by atoms with E-state index in [0.717, 1.165) is 6.07 Å². The molecular weight excluding hydrogens is 417 g/mol. The molecule has 2 rings (SSSR count). The molecule has 0 aliphatic rings. The Morgan fingerprint density at radius 1 is 1.41 bits per heavy atom. The molecule has 0 saturated heterocycles. The van der Waals surface area contributed by atoms with Crippen molar-refractivity contribution in [2.24, 2.45) is 5.16 Å². The van der Waals surface area contributed by atoms with Crippen LogP contribution in [0, 0.1) is 5.82 Å². The molecule has 0 bridgehead atoms. The van der Waals surface area contributed by atoms with Gasteiger partial charge in [0.05, 0.1) is 5.02 Å². The second kappa shape index (κ2) is 9.01. The lowest BCUT2D eigenvalue weighted by Gasteiger charge is -2.07. The summed E-state index contributed by atoms with van der Waals surface area (Å²) in [5.41, 5.74) is 0.296. The van der Waals surface area contributed by atoms with Gasteiger partial charge in [-0.25, -0.2) is 22.2 Å². The molecule has 0 atom stereocenters. The second-order valence-corrected chi connectivity index (χ2v) is 7.08. The highest BCUT2D eigenvalue weighted by Crippen LogP contribution is 2.20. The van der Waals surface area contributed by atoms with Crippen LogP contribution in [0.1, 0.15) is 11.3 Å². The standard InChI is InChI=1S/C13H12ClF3N4O5S/c14-8-5-7(1-2-9(8)15)6-10(19-22)11-12(21-26-20-11)25-4-3-18-27(23,24)13(16)17/h1-2,5,13,18,22H,3-4,6H2. The van der Waals surface area contributed by atoms with Crippen molar-refractivity contribution in [3.05, 3.63) is 40.3 Å². The van der Waals surface area contributed by atoms with Crippen molar-refractivity contribution in [2.45, 2.75) is 12.2 Å². The van der Waals surface area contributed by atoms with Crippen LogP contribution in [-0.2, 0) is 16.4 Å². The molecule has 9 nitrogen and oxygen atoms in total. The van der Waals surface area contributed by atoms with Crippen LogP contribution in [0.5, 0.6) is 5.88 Å². The van der Waals surface area contributed by atoms with Crippen molar-refractivity contribution in [2.75, 3.05) is 13.2 Å². The van der Waals surface area contributed by atoms with E-state index in [1.807, 2.05) is 0 Å². The van der Waals surface area contributed by atoms with E-state index >= 15 is 0 Å². The Morgan fingerprint density at radius 3 is 2.78 bits per heavy atom. The number of oxime groups is 1.